The summed E-state index contributed by atoms with van der Waals surface area (Å²) in [5.74, 6) is -1.31. The van der Waals surface area contributed by atoms with Gasteiger partial charge in [-0.3, -0.25) is 14.9 Å². The van der Waals surface area contributed by atoms with Gasteiger partial charge in [0.2, 0.25) is 5.75 Å². The van der Waals surface area contributed by atoms with Gasteiger partial charge in [-0.25, -0.2) is 0 Å². The number of halogens is 3. The lowest BCUT2D eigenvalue weighted by molar-refractivity contribution is -0.384. The molecule has 1 amide bonds. The summed E-state index contributed by atoms with van der Waals surface area (Å²) in [7, 11) is -3.00. The first-order valence-corrected chi connectivity index (χ1v) is 12.9. The lowest BCUT2D eigenvalue weighted by Crippen LogP contribution is -2.14. The van der Waals surface area contributed by atoms with Crippen molar-refractivity contribution in [2.75, 3.05) is 12.4 Å². The van der Waals surface area contributed by atoms with Crippen LogP contribution in [0, 0.1) is 28.4 Å². The number of hydrogen-bond acceptors (Lipinski definition) is 8. The van der Waals surface area contributed by atoms with Gasteiger partial charge in [0.1, 0.15) is 16.5 Å². The van der Waals surface area contributed by atoms with Gasteiger partial charge in [-0.15, -0.1) is 0 Å². The number of non-ortho nitro benzene ring substituents is 1. The molecule has 0 aromatic heterocycles. The molecule has 0 heterocycles. The van der Waals surface area contributed by atoms with Crippen LogP contribution in [0.15, 0.2) is 59.0 Å². The number of nitro groups is 1. The molecule has 3 aromatic carbocycles. The first kappa shape index (κ1) is 28.7. The smallest absolute Gasteiger partial charge is 0.339 e. The largest absolute Gasteiger partial charge is 0.493 e. The number of nitro benzene ring substituents is 1. The van der Waals surface area contributed by atoms with E-state index in [9.17, 15) is 28.6 Å². The van der Waals surface area contributed by atoms with Crippen LogP contribution in [0.25, 0.3) is 6.08 Å². The number of ether oxygens (including phenoxy) is 1. The Morgan fingerprint density at radius 2 is 1.68 bits per heavy atom. The van der Waals surface area contributed by atoms with Crippen LogP contribution in [0.5, 0.6) is 11.5 Å². The number of methoxy groups -OCH3 is 1. The molecule has 3 aromatic rings. The first-order chi connectivity index (χ1) is 17.9. The SMILES string of the molecule is COc1cc(/C=C(\C#N)C(=O)Nc2c(Cl)cc([N+](=O)[O-])cc2Cl)cc(Cl)c1OS(=O)(=O)c1ccc(C)cc1. The molecule has 0 saturated heterocycles. The van der Waals surface area contributed by atoms with Crippen LogP contribution in [0.2, 0.25) is 15.1 Å². The maximum absolute atomic E-state index is 12.7. The Morgan fingerprint density at radius 3 is 2.21 bits per heavy atom. The zero-order chi connectivity index (χ0) is 28.2. The van der Waals surface area contributed by atoms with E-state index in [1.807, 2.05) is 0 Å². The predicted octanol–water partition coefficient (Wildman–Crippen LogP) is 6.19. The Labute approximate surface area is 232 Å². The molecule has 10 nitrogen and oxygen atoms in total. The molecule has 0 saturated carbocycles. The van der Waals surface area contributed by atoms with Crippen molar-refractivity contribution in [3.8, 4) is 17.6 Å². The molecule has 0 aliphatic carbocycles. The van der Waals surface area contributed by atoms with Crippen molar-refractivity contribution in [2.45, 2.75) is 11.8 Å². The molecular formula is C24H16Cl3N3O7S. The highest BCUT2D eigenvalue weighted by atomic mass is 35.5. The number of nitriles is 1. The van der Waals surface area contributed by atoms with Crippen LogP contribution in [0.1, 0.15) is 11.1 Å². The van der Waals surface area contributed by atoms with Crippen molar-refractivity contribution in [3.05, 3.63) is 90.4 Å². The minimum atomic E-state index is -4.25. The number of carbonyl (C=O) groups is 1. The van der Waals surface area contributed by atoms with E-state index in [2.05, 4.69) is 5.32 Å². The van der Waals surface area contributed by atoms with Gasteiger partial charge < -0.3 is 14.2 Å². The number of nitrogens with zero attached hydrogens (tertiary/aromatic N) is 2. The predicted molar refractivity (Wildman–Crippen MR) is 142 cm³/mol. The molecule has 0 aliphatic rings. The summed E-state index contributed by atoms with van der Waals surface area (Å²) in [5, 5.41) is 22.2. The molecule has 0 unspecified atom stereocenters. The third-order valence-corrected chi connectivity index (χ3v) is 7.02. The maximum Gasteiger partial charge on any atom is 0.339 e. The molecule has 196 valence electrons. The lowest BCUT2D eigenvalue weighted by atomic mass is 10.1. The minimum Gasteiger partial charge on any atom is -0.493 e. The van der Waals surface area contributed by atoms with E-state index < -0.39 is 26.5 Å². The number of nitrogens with one attached hydrogen (secondary N) is 1. The van der Waals surface area contributed by atoms with E-state index in [0.29, 0.717) is 0 Å². The molecule has 0 fully saturated rings. The van der Waals surface area contributed by atoms with Gasteiger partial charge in [-0.1, -0.05) is 52.5 Å². The van der Waals surface area contributed by atoms with E-state index >= 15 is 0 Å². The van der Waals surface area contributed by atoms with Crippen LogP contribution in [-0.4, -0.2) is 26.4 Å². The molecule has 0 radical (unpaired) electrons. The average Bonchev–Trinajstić information content (AvgIpc) is 2.85. The second-order valence-electron chi connectivity index (χ2n) is 7.55. The third kappa shape index (κ3) is 6.54. The zero-order valence-corrected chi connectivity index (χ0v) is 22.6. The van der Waals surface area contributed by atoms with E-state index in [1.54, 1.807) is 25.1 Å². The monoisotopic (exact) mass is 595 g/mol. The highest BCUT2D eigenvalue weighted by molar-refractivity contribution is 7.87. The standard InChI is InChI=1S/C24H16Cl3N3O7S/c1-13-3-5-17(6-4-13)38(34,35)37-23-20(27)8-14(9-21(23)36-2)7-15(12-28)24(31)29-22-18(25)10-16(30(32)33)11-19(22)26/h3-11H,1-2H3,(H,29,31)/b15-7+. The number of rotatable bonds is 8. The number of hydrogen-bond donors (Lipinski definition) is 1. The van der Waals surface area contributed by atoms with Gasteiger partial charge in [-0.05, 0) is 42.8 Å². The Balaban J connectivity index is 1.92. The molecule has 1 N–H and O–H groups in total. The van der Waals surface area contributed by atoms with Gasteiger partial charge >= 0.3 is 10.1 Å². The number of carbonyl (C=O) groups excluding carboxylic acids is 1. The summed E-state index contributed by atoms with van der Waals surface area (Å²) in [6.45, 7) is 1.80. The number of aryl methyl sites for hydroxylation is 1. The maximum atomic E-state index is 12.7. The summed E-state index contributed by atoms with van der Waals surface area (Å²) in [4.78, 5) is 22.9. The number of benzene rings is 3. The second-order valence-corrected chi connectivity index (χ2v) is 10.3. The summed E-state index contributed by atoms with van der Waals surface area (Å²) in [6, 6.07) is 12.2. The van der Waals surface area contributed by atoms with Crippen LogP contribution < -0.4 is 14.2 Å². The lowest BCUT2D eigenvalue weighted by Gasteiger charge is -2.13. The molecule has 0 aliphatic heterocycles. The second kappa shape index (κ2) is 11.7. The van der Waals surface area contributed by atoms with Crippen molar-refractivity contribution in [1.82, 2.24) is 0 Å². The van der Waals surface area contributed by atoms with Crippen LogP contribution in [-0.2, 0) is 14.9 Å². The van der Waals surface area contributed by atoms with Gasteiger partial charge in [0.15, 0.2) is 5.75 Å². The van der Waals surface area contributed by atoms with Crippen molar-refractivity contribution in [2.24, 2.45) is 0 Å². The Hall–Kier alpha value is -3.82. The number of amides is 1. The fraction of sp³-hybridized carbons (Fsp3) is 0.0833. The van der Waals surface area contributed by atoms with Crippen LogP contribution >= 0.6 is 34.8 Å². The van der Waals surface area contributed by atoms with Crippen LogP contribution in [0.3, 0.4) is 0 Å². The Morgan fingerprint density at radius 1 is 1.08 bits per heavy atom. The topological polar surface area (TPSA) is 149 Å². The summed E-state index contributed by atoms with van der Waals surface area (Å²) >= 11 is 18.3. The number of anilines is 1. The molecule has 14 heteroatoms. The Bertz CT molecular complexity index is 1590. The molecular weight excluding hydrogens is 581 g/mol. The van der Waals surface area contributed by atoms with Gasteiger partial charge in [0.05, 0.1) is 32.8 Å². The van der Waals surface area contributed by atoms with E-state index in [1.165, 1.54) is 31.4 Å². The van der Waals surface area contributed by atoms with Crippen molar-refractivity contribution in [1.29, 1.82) is 5.26 Å². The third-order valence-electron chi connectivity index (χ3n) is 4.91. The average molecular weight is 597 g/mol. The summed E-state index contributed by atoms with van der Waals surface area (Å²) < 4.78 is 35.9. The summed E-state index contributed by atoms with van der Waals surface area (Å²) in [5.41, 5.74) is 0.105. The van der Waals surface area contributed by atoms with Gasteiger partial charge in [0.25, 0.3) is 11.6 Å². The molecule has 3 rings (SSSR count). The van der Waals surface area contributed by atoms with Gasteiger partial charge in [-0.2, -0.15) is 13.7 Å². The van der Waals surface area contributed by atoms with Crippen molar-refractivity contribution < 1.29 is 27.1 Å². The normalized spacial score (nSPS) is 11.4. The first-order valence-electron chi connectivity index (χ1n) is 10.3. The quantitative estimate of drug-likeness (QED) is 0.106. The molecule has 0 spiro atoms. The van der Waals surface area contributed by atoms with E-state index in [0.717, 1.165) is 23.8 Å². The molecule has 38 heavy (non-hydrogen) atoms. The van der Waals surface area contributed by atoms with Gasteiger partial charge in [0, 0.05) is 12.1 Å². The Kier molecular flexibility index (Phi) is 8.85. The summed E-state index contributed by atoms with van der Waals surface area (Å²) in [6.07, 6.45) is 1.15. The highest BCUT2D eigenvalue weighted by Crippen LogP contribution is 2.39. The highest BCUT2D eigenvalue weighted by Gasteiger charge is 2.23. The van der Waals surface area contributed by atoms with Crippen LogP contribution in [0.4, 0.5) is 11.4 Å². The minimum absolute atomic E-state index is 0.0846. The fourth-order valence-electron chi connectivity index (χ4n) is 3.05. The molecule has 0 atom stereocenters. The zero-order valence-electron chi connectivity index (χ0n) is 19.5. The fourth-order valence-corrected chi connectivity index (χ4v) is 4.88. The van der Waals surface area contributed by atoms with E-state index in [-0.39, 0.29) is 48.4 Å². The van der Waals surface area contributed by atoms with Crippen molar-refractivity contribution in [3.63, 3.8) is 0 Å². The van der Waals surface area contributed by atoms with E-state index in [4.69, 9.17) is 43.7 Å². The molecule has 0 bridgehead atoms. The van der Waals surface area contributed by atoms with Crippen molar-refractivity contribution >= 4 is 68.3 Å².